The quantitative estimate of drug-likeness (QED) is 0.241. The third-order valence-corrected chi connectivity index (χ3v) is 6.83. The molecule has 0 aliphatic rings. The Morgan fingerprint density at radius 2 is 0.763 bits per heavy atom. The molecule has 182 valence electrons. The van der Waals surface area contributed by atoms with Crippen molar-refractivity contribution >= 4 is 0 Å². The van der Waals surface area contributed by atoms with Gasteiger partial charge in [0, 0.05) is 16.7 Å². The van der Waals surface area contributed by atoms with Gasteiger partial charge in [-0.1, -0.05) is 120 Å². The van der Waals surface area contributed by atoms with E-state index in [-0.39, 0.29) is 0 Å². The fraction of sp³-hybridized carbons (Fsp3) is 0.0556. The maximum absolute atomic E-state index is 5.09. The molecule has 0 aliphatic carbocycles. The first kappa shape index (κ1) is 23.6. The number of rotatable bonds is 5. The molecular weight excluding hydrogens is 460 g/mol. The summed E-state index contributed by atoms with van der Waals surface area (Å²) in [7, 11) is 0. The van der Waals surface area contributed by atoms with Crippen LogP contribution in [0.4, 0.5) is 0 Å². The molecule has 38 heavy (non-hydrogen) atoms. The third kappa shape index (κ3) is 5.02. The first-order valence-corrected chi connectivity index (χ1v) is 12.9. The second kappa shape index (κ2) is 10.3. The Balaban J connectivity index is 1.57. The molecule has 0 N–H and O–H groups in total. The smallest absolute Gasteiger partial charge is 0.160 e. The van der Waals surface area contributed by atoms with E-state index in [1.807, 2.05) is 36.4 Å². The van der Waals surface area contributed by atoms with Gasteiger partial charge < -0.3 is 0 Å². The largest absolute Gasteiger partial charge is 0.228 e. The van der Waals surface area contributed by atoms with E-state index in [0.717, 1.165) is 33.9 Å². The Morgan fingerprint density at radius 3 is 1.26 bits per heavy atom. The van der Waals surface area contributed by atoms with Crippen molar-refractivity contribution in [1.82, 2.24) is 9.97 Å². The normalized spacial score (nSPS) is 10.9. The molecule has 1 aromatic heterocycles. The highest BCUT2D eigenvalue weighted by molar-refractivity contribution is 5.82. The Kier molecular flexibility index (Phi) is 6.37. The van der Waals surface area contributed by atoms with Crippen molar-refractivity contribution in [2.75, 3.05) is 0 Å². The molecule has 0 aliphatic heterocycles. The average Bonchev–Trinajstić information content (AvgIpc) is 2.98. The Hall–Kier alpha value is -4.82. The first-order valence-electron chi connectivity index (χ1n) is 12.9. The predicted octanol–water partition coefficient (Wildman–Crippen LogP) is 9.43. The molecule has 0 spiro atoms. The van der Waals surface area contributed by atoms with E-state index in [9.17, 15) is 0 Å². The third-order valence-electron chi connectivity index (χ3n) is 6.83. The van der Waals surface area contributed by atoms with Gasteiger partial charge in [-0.05, 0) is 60.4 Å². The molecule has 0 saturated carbocycles. The fourth-order valence-electron chi connectivity index (χ4n) is 4.67. The lowest BCUT2D eigenvalue weighted by Gasteiger charge is -2.13. The number of benzene rings is 5. The lowest BCUT2D eigenvalue weighted by Crippen LogP contribution is -1.96. The number of aromatic nitrogens is 2. The van der Waals surface area contributed by atoms with Crippen molar-refractivity contribution in [1.29, 1.82) is 0 Å². The van der Waals surface area contributed by atoms with Crippen LogP contribution in [0.25, 0.3) is 56.2 Å². The summed E-state index contributed by atoms with van der Waals surface area (Å²) < 4.78 is 0. The van der Waals surface area contributed by atoms with Gasteiger partial charge in [0.2, 0.25) is 0 Å². The molecule has 2 nitrogen and oxygen atoms in total. The highest BCUT2D eigenvalue weighted by Gasteiger charge is 2.13. The number of hydrogen-bond donors (Lipinski definition) is 0. The van der Waals surface area contributed by atoms with Crippen LogP contribution in [-0.4, -0.2) is 9.97 Å². The SMILES string of the molecule is Cc1ccc(-c2cc(-c3ccc(C)cc3)cc(-c3cc(-c4ccccc4)nc(-c4ccccc4)n3)c2)cc1. The van der Waals surface area contributed by atoms with Crippen molar-refractivity contribution in [3.05, 3.63) is 145 Å². The molecule has 0 unspecified atom stereocenters. The van der Waals surface area contributed by atoms with Crippen LogP contribution in [-0.2, 0) is 0 Å². The van der Waals surface area contributed by atoms with Crippen LogP contribution in [0.15, 0.2) is 133 Å². The monoisotopic (exact) mass is 488 g/mol. The zero-order valence-electron chi connectivity index (χ0n) is 21.6. The predicted molar refractivity (Wildman–Crippen MR) is 159 cm³/mol. The molecule has 5 aromatic carbocycles. The zero-order chi connectivity index (χ0) is 25.9. The van der Waals surface area contributed by atoms with E-state index in [1.165, 1.54) is 33.4 Å². The van der Waals surface area contributed by atoms with E-state index in [0.29, 0.717) is 0 Å². The molecule has 0 bridgehead atoms. The van der Waals surface area contributed by atoms with Gasteiger partial charge >= 0.3 is 0 Å². The topological polar surface area (TPSA) is 25.8 Å². The summed E-state index contributed by atoms with van der Waals surface area (Å²) in [6, 6.07) is 46.8. The zero-order valence-corrected chi connectivity index (χ0v) is 21.6. The minimum atomic E-state index is 0.722. The van der Waals surface area contributed by atoms with Gasteiger partial charge in [-0.15, -0.1) is 0 Å². The minimum absolute atomic E-state index is 0.722. The molecule has 0 saturated heterocycles. The molecule has 0 atom stereocenters. The van der Waals surface area contributed by atoms with E-state index in [1.54, 1.807) is 0 Å². The van der Waals surface area contributed by atoms with Crippen molar-refractivity contribution in [2.24, 2.45) is 0 Å². The Bertz CT molecular complexity index is 1560. The van der Waals surface area contributed by atoms with Crippen molar-refractivity contribution in [2.45, 2.75) is 13.8 Å². The van der Waals surface area contributed by atoms with Gasteiger partial charge in [-0.25, -0.2) is 9.97 Å². The Labute approximate surface area is 224 Å². The van der Waals surface area contributed by atoms with E-state index >= 15 is 0 Å². The molecule has 1 heterocycles. The molecule has 6 aromatic rings. The maximum atomic E-state index is 5.09. The van der Waals surface area contributed by atoms with E-state index < -0.39 is 0 Å². The number of nitrogens with zero attached hydrogens (tertiary/aromatic N) is 2. The standard InChI is InChI=1S/C36H28N2/c1-25-13-17-27(18-14-25)31-21-32(28-19-15-26(2)16-20-28)23-33(22-31)35-24-34(29-9-5-3-6-10-29)37-36(38-35)30-11-7-4-8-12-30/h3-24H,1-2H3. The van der Waals surface area contributed by atoms with E-state index in [4.69, 9.17) is 9.97 Å². The second-order valence-electron chi connectivity index (χ2n) is 9.73. The van der Waals surface area contributed by atoms with Gasteiger partial charge in [0.15, 0.2) is 5.82 Å². The fourth-order valence-corrected chi connectivity index (χ4v) is 4.67. The Morgan fingerprint density at radius 1 is 0.342 bits per heavy atom. The van der Waals surface area contributed by atoms with Crippen LogP contribution in [0, 0.1) is 13.8 Å². The van der Waals surface area contributed by atoms with Crippen molar-refractivity contribution in [3.8, 4) is 56.2 Å². The summed E-state index contributed by atoms with van der Waals surface area (Å²) in [5.74, 6) is 0.722. The molecule has 0 amide bonds. The molecule has 0 radical (unpaired) electrons. The molecule has 2 heteroatoms. The lowest BCUT2D eigenvalue weighted by molar-refractivity contribution is 1.18. The van der Waals surface area contributed by atoms with Crippen molar-refractivity contribution < 1.29 is 0 Å². The summed E-state index contributed by atoms with van der Waals surface area (Å²) in [5.41, 5.74) is 12.2. The van der Waals surface area contributed by atoms with Crippen LogP contribution in [0.3, 0.4) is 0 Å². The molecule has 6 rings (SSSR count). The second-order valence-corrected chi connectivity index (χ2v) is 9.73. The van der Waals surface area contributed by atoms with Crippen LogP contribution < -0.4 is 0 Å². The lowest BCUT2D eigenvalue weighted by atomic mass is 9.94. The van der Waals surface area contributed by atoms with Crippen LogP contribution in [0.2, 0.25) is 0 Å². The summed E-state index contributed by atoms with van der Waals surface area (Å²) in [6.45, 7) is 4.24. The maximum Gasteiger partial charge on any atom is 0.160 e. The van der Waals surface area contributed by atoms with Gasteiger partial charge in [0.1, 0.15) is 0 Å². The first-order chi connectivity index (χ1) is 18.6. The van der Waals surface area contributed by atoms with Crippen molar-refractivity contribution in [3.63, 3.8) is 0 Å². The van der Waals surface area contributed by atoms with Crippen LogP contribution in [0.5, 0.6) is 0 Å². The summed E-state index contributed by atoms with van der Waals surface area (Å²) >= 11 is 0. The van der Waals surface area contributed by atoms with Gasteiger partial charge in [0.05, 0.1) is 11.4 Å². The van der Waals surface area contributed by atoms with Gasteiger partial charge in [-0.3, -0.25) is 0 Å². The summed E-state index contributed by atoms with van der Waals surface area (Å²) in [6.07, 6.45) is 0. The molecule has 0 fully saturated rings. The highest BCUT2D eigenvalue weighted by atomic mass is 14.9. The highest BCUT2D eigenvalue weighted by Crippen LogP contribution is 2.34. The van der Waals surface area contributed by atoms with Gasteiger partial charge in [-0.2, -0.15) is 0 Å². The summed E-state index contributed by atoms with van der Waals surface area (Å²) in [5, 5.41) is 0. The van der Waals surface area contributed by atoms with Crippen LogP contribution >= 0.6 is 0 Å². The van der Waals surface area contributed by atoms with Gasteiger partial charge in [0.25, 0.3) is 0 Å². The van der Waals surface area contributed by atoms with E-state index in [2.05, 4.69) is 111 Å². The number of hydrogen-bond acceptors (Lipinski definition) is 2. The summed E-state index contributed by atoms with van der Waals surface area (Å²) in [4.78, 5) is 10.1. The minimum Gasteiger partial charge on any atom is -0.228 e. The average molecular weight is 489 g/mol. The number of aryl methyl sites for hydroxylation is 2. The molecular formula is C36H28N2. The van der Waals surface area contributed by atoms with Crippen LogP contribution in [0.1, 0.15) is 11.1 Å².